The molecule has 0 bridgehead atoms. The molecule has 0 aliphatic heterocycles. The van der Waals surface area contributed by atoms with Crippen LogP contribution in [0, 0.1) is 5.92 Å². The van der Waals surface area contributed by atoms with Crippen molar-refractivity contribution in [3.63, 3.8) is 0 Å². The predicted molar refractivity (Wildman–Crippen MR) is 105 cm³/mol. The predicted octanol–water partition coefficient (Wildman–Crippen LogP) is 3.91. The minimum Gasteiger partial charge on any atom is -0.481 e. The van der Waals surface area contributed by atoms with Gasteiger partial charge >= 0.3 is 5.97 Å². The van der Waals surface area contributed by atoms with E-state index in [2.05, 4.69) is 38.6 Å². The molecule has 0 unspecified atom stereocenters. The highest BCUT2D eigenvalue weighted by molar-refractivity contribution is 5.94. The number of aliphatic carboxylic acids is 1. The van der Waals surface area contributed by atoms with E-state index in [0.29, 0.717) is 12.8 Å². The minimum atomic E-state index is -0.713. The van der Waals surface area contributed by atoms with E-state index in [9.17, 15) is 9.90 Å². The number of hydrogen-bond acceptors (Lipinski definition) is 4. The van der Waals surface area contributed by atoms with E-state index in [1.165, 1.54) is 0 Å². The molecule has 0 amide bonds. The summed E-state index contributed by atoms with van der Waals surface area (Å²) in [5.41, 5.74) is 4.21. The molecule has 7 nitrogen and oxygen atoms in total. The zero-order valence-electron chi connectivity index (χ0n) is 15.1. The molecule has 2 aromatic heterocycles. The first-order valence-corrected chi connectivity index (χ1v) is 9.36. The Balaban J connectivity index is 1.45. The molecule has 140 valence electrons. The van der Waals surface area contributed by atoms with Gasteiger partial charge in [-0.1, -0.05) is 36.4 Å². The van der Waals surface area contributed by atoms with Crippen molar-refractivity contribution in [1.29, 1.82) is 0 Å². The molecule has 0 saturated heterocycles. The largest absolute Gasteiger partial charge is 0.481 e. The van der Waals surface area contributed by atoms with Gasteiger partial charge in [-0.3, -0.25) is 9.89 Å². The van der Waals surface area contributed by atoms with Crippen molar-refractivity contribution in [1.82, 2.24) is 25.0 Å². The van der Waals surface area contributed by atoms with Gasteiger partial charge in [0.25, 0.3) is 0 Å². The third-order valence-corrected chi connectivity index (χ3v) is 5.66. The van der Waals surface area contributed by atoms with Crippen LogP contribution < -0.4 is 0 Å². The Hall–Kier alpha value is -3.48. The normalized spacial score (nSPS) is 19.3. The number of H-pyrrole nitrogens is 1. The standard InChI is InChI=1S/C21H19N5O2/c27-21(28)15-8-9-16(10-15)26-12-23-25-20(26)14-6-4-13(5-7-14)17-2-1-3-19-18(17)11-22-24-19/h1-7,11-12,15-16H,8-10H2,(H,22,24)(H,27,28)/t15-,16+/m0/s1. The highest BCUT2D eigenvalue weighted by Gasteiger charge is 2.32. The van der Waals surface area contributed by atoms with Crippen molar-refractivity contribution in [2.24, 2.45) is 5.92 Å². The second kappa shape index (κ2) is 6.60. The van der Waals surface area contributed by atoms with Crippen LogP contribution >= 0.6 is 0 Å². The molecular formula is C21H19N5O2. The van der Waals surface area contributed by atoms with Crippen LogP contribution in [0.15, 0.2) is 55.0 Å². The fraction of sp³-hybridized carbons (Fsp3) is 0.238. The van der Waals surface area contributed by atoms with Crippen molar-refractivity contribution in [2.45, 2.75) is 25.3 Å². The van der Waals surface area contributed by atoms with Crippen molar-refractivity contribution < 1.29 is 9.90 Å². The number of aromatic nitrogens is 5. The Kier molecular flexibility index (Phi) is 3.93. The number of rotatable bonds is 4. The smallest absolute Gasteiger partial charge is 0.306 e. The van der Waals surface area contributed by atoms with Crippen molar-refractivity contribution >= 4 is 16.9 Å². The fourth-order valence-electron chi connectivity index (χ4n) is 4.17. The Morgan fingerprint density at radius 3 is 2.71 bits per heavy atom. The molecule has 1 fully saturated rings. The van der Waals surface area contributed by atoms with Gasteiger partial charge in [0.15, 0.2) is 5.82 Å². The lowest BCUT2D eigenvalue weighted by Crippen LogP contribution is -2.11. The van der Waals surface area contributed by atoms with Crippen LogP contribution in [0.2, 0.25) is 0 Å². The summed E-state index contributed by atoms with van der Waals surface area (Å²) in [7, 11) is 0. The maximum Gasteiger partial charge on any atom is 0.306 e. The van der Waals surface area contributed by atoms with Crippen molar-refractivity contribution in [3.8, 4) is 22.5 Å². The molecule has 1 aliphatic rings. The Morgan fingerprint density at radius 1 is 1.11 bits per heavy atom. The second-order valence-corrected chi connectivity index (χ2v) is 7.28. The van der Waals surface area contributed by atoms with E-state index in [4.69, 9.17) is 0 Å². The van der Waals surface area contributed by atoms with Crippen LogP contribution in [0.3, 0.4) is 0 Å². The summed E-state index contributed by atoms with van der Waals surface area (Å²) in [6.45, 7) is 0. The van der Waals surface area contributed by atoms with Crippen LogP contribution in [-0.4, -0.2) is 36.0 Å². The number of benzene rings is 2. The van der Waals surface area contributed by atoms with Crippen LogP contribution in [0.25, 0.3) is 33.4 Å². The van der Waals surface area contributed by atoms with Gasteiger partial charge in [0.1, 0.15) is 6.33 Å². The third-order valence-electron chi connectivity index (χ3n) is 5.66. The summed E-state index contributed by atoms with van der Waals surface area (Å²) < 4.78 is 2.02. The Morgan fingerprint density at radius 2 is 1.93 bits per heavy atom. The maximum absolute atomic E-state index is 11.3. The van der Waals surface area contributed by atoms with Crippen LogP contribution in [0.1, 0.15) is 25.3 Å². The summed E-state index contributed by atoms with van der Waals surface area (Å²) >= 11 is 0. The van der Waals surface area contributed by atoms with Crippen molar-refractivity contribution in [2.75, 3.05) is 0 Å². The number of nitrogens with zero attached hydrogens (tertiary/aromatic N) is 4. The van der Waals surface area contributed by atoms with Gasteiger partial charge in [0.2, 0.25) is 0 Å². The number of hydrogen-bond donors (Lipinski definition) is 2. The SMILES string of the molecule is O=C(O)[C@H]1CC[C@@H](n2cnnc2-c2ccc(-c3cccc4[nH]ncc34)cc2)C1. The molecular weight excluding hydrogens is 354 g/mol. The molecule has 5 rings (SSSR count). The average molecular weight is 373 g/mol. The lowest BCUT2D eigenvalue weighted by molar-refractivity contribution is -0.141. The topological polar surface area (TPSA) is 96.7 Å². The van der Waals surface area contributed by atoms with Crippen LogP contribution in [-0.2, 0) is 4.79 Å². The van der Waals surface area contributed by atoms with Gasteiger partial charge in [-0.25, -0.2) is 0 Å². The van der Waals surface area contributed by atoms with E-state index in [1.54, 1.807) is 6.33 Å². The zero-order chi connectivity index (χ0) is 19.1. The molecule has 4 aromatic rings. The van der Waals surface area contributed by atoms with E-state index in [1.807, 2.05) is 35.0 Å². The van der Waals surface area contributed by atoms with Gasteiger partial charge in [0.05, 0.1) is 17.6 Å². The molecule has 1 aliphatic carbocycles. The third kappa shape index (κ3) is 2.76. The van der Waals surface area contributed by atoms with Gasteiger partial charge in [-0.15, -0.1) is 10.2 Å². The monoisotopic (exact) mass is 373 g/mol. The first-order chi connectivity index (χ1) is 13.7. The van der Waals surface area contributed by atoms with E-state index in [0.717, 1.165) is 39.8 Å². The molecule has 2 aromatic carbocycles. The van der Waals surface area contributed by atoms with E-state index >= 15 is 0 Å². The first-order valence-electron chi connectivity index (χ1n) is 9.36. The van der Waals surface area contributed by atoms with Crippen LogP contribution in [0.4, 0.5) is 0 Å². The highest BCUT2D eigenvalue weighted by Crippen LogP contribution is 2.37. The number of carboxylic acid groups (broad SMARTS) is 1. The minimum absolute atomic E-state index is 0.130. The summed E-state index contributed by atoms with van der Waals surface area (Å²) in [6, 6.07) is 14.5. The Bertz CT molecular complexity index is 1150. The number of carboxylic acids is 1. The van der Waals surface area contributed by atoms with Gasteiger partial charge < -0.3 is 9.67 Å². The highest BCUT2D eigenvalue weighted by atomic mass is 16.4. The molecule has 2 atom stereocenters. The first kappa shape index (κ1) is 16.7. The number of carbonyl (C=O) groups is 1. The van der Waals surface area contributed by atoms with Crippen LogP contribution in [0.5, 0.6) is 0 Å². The summed E-state index contributed by atoms with van der Waals surface area (Å²) in [5, 5.41) is 25.9. The summed E-state index contributed by atoms with van der Waals surface area (Å²) in [4.78, 5) is 11.3. The fourth-order valence-corrected chi connectivity index (χ4v) is 4.17. The molecule has 0 radical (unpaired) electrons. The molecule has 28 heavy (non-hydrogen) atoms. The van der Waals surface area contributed by atoms with E-state index < -0.39 is 5.97 Å². The molecule has 0 spiro atoms. The second-order valence-electron chi connectivity index (χ2n) is 7.28. The number of nitrogens with one attached hydrogen (secondary N) is 1. The maximum atomic E-state index is 11.3. The van der Waals surface area contributed by atoms with Gasteiger partial charge in [-0.05, 0) is 36.5 Å². The number of fused-ring (bicyclic) bond motifs is 1. The summed E-state index contributed by atoms with van der Waals surface area (Å²) in [6.07, 6.45) is 5.72. The molecule has 2 N–H and O–H groups in total. The van der Waals surface area contributed by atoms with E-state index in [-0.39, 0.29) is 12.0 Å². The van der Waals surface area contributed by atoms with Gasteiger partial charge in [-0.2, -0.15) is 5.10 Å². The average Bonchev–Trinajstić information content (AvgIpc) is 3.47. The quantitative estimate of drug-likeness (QED) is 0.565. The number of aromatic amines is 1. The Labute approximate surface area is 161 Å². The molecule has 2 heterocycles. The molecule has 7 heteroatoms. The lowest BCUT2D eigenvalue weighted by Gasteiger charge is -2.14. The lowest BCUT2D eigenvalue weighted by atomic mass is 10.0. The summed E-state index contributed by atoms with van der Waals surface area (Å²) in [5.74, 6) is -0.211. The van der Waals surface area contributed by atoms with Crippen molar-refractivity contribution in [3.05, 3.63) is 55.0 Å². The molecule has 1 saturated carbocycles. The zero-order valence-corrected chi connectivity index (χ0v) is 15.1. The van der Waals surface area contributed by atoms with Gasteiger partial charge in [0, 0.05) is 17.0 Å².